The second-order valence-corrected chi connectivity index (χ2v) is 15.8. The summed E-state index contributed by atoms with van der Waals surface area (Å²) in [7, 11) is 0. The number of unbranched alkanes of at least 4 members (excludes halogenated alkanes) is 23. The third-order valence-electron chi connectivity index (χ3n) is 10.8. The minimum Gasteiger partial charge on any atom is -0.394 e. The largest absolute Gasteiger partial charge is 0.394 e. The summed E-state index contributed by atoms with van der Waals surface area (Å²) in [6.45, 7) is 3.79. The van der Waals surface area contributed by atoms with E-state index in [0.717, 1.165) is 32.1 Å². The van der Waals surface area contributed by atoms with Crippen LogP contribution in [-0.4, -0.2) is 87.5 Å². The number of amides is 1. The van der Waals surface area contributed by atoms with Crippen molar-refractivity contribution >= 4 is 5.91 Å². The van der Waals surface area contributed by atoms with Crippen molar-refractivity contribution in [2.45, 2.75) is 243 Å². The first-order chi connectivity index (χ1) is 26.3. The maximum Gasteiger partial charge on any atom is 0.220 e. The van der Waals surface area contributed by atoms with Crippen LogP contribution in [0, 0.1) is 0 Å². The van der Waals surface area contributed by atoms with Crippen LogP contribution in [-0.2, 0) is 14.3 Å². The third kappa shape index (κ3) is 26.5. The van der Waals surface area contributed by atoms with Crippen LogP contribution in [0.25, 0.3) is 0 Å². The number of ether oxygens (including phenoxy) is 2. The van der Waals surface area contributed by atoms with Crippen molar-refractivity contribution < 1.29 is 39.8 Å². The molecule has 1 saturated heterocycles. The second kappa shape index (κ2) is 36.0. The van der Waals surface area contributed by atoms with E-state index in [2.05, 4.69) is 37.4 Å². The van der Waals surface area contributed by atoms with E-state index in [0.29, 0.717) is 12.8 Å². The van der Waals surface area contributed by atoms with Crippen molar-refractivity contribution in [2.75, 3.05) is 13.2 Å². The van der Waals surface area contributed by atoms with Crippen molar-refractivity contribution in [1.29, 1.82) is 0 Å². The molecule has 1 fully saturated rings. The zero-order valence-electron chi connectivity index (χ0n) is 34.7. The molecule has 0 saturated carbocycles. The molecule has 1 aliphatic heterocycles. The van der Waals surface area contributed by atoms with Gasteiger partial charge < -0.3 is 40.3 Å². The van der Waals surface area contributed by atoms with E-state index in [9.17, 15) is 30.3 Å². The molecule has 318 valence electrons. The van der Waals surface area contributed by atoms with Crippen molar-refractivity contribution in [3.63, 3.8) is 0 Å². The fraction of sp³-hybridized carbons (Fsp3) is 0.889. The molecule has 0 spiro atoms. The van der Waals surface area contributed by atoms with Gasteiger partial charge in [0, 0.05) is 6.42 Å². The molecule has 6 N–H and O–H groups in total. The molecule has 0 bridgehead atoms. The lowest BCUT2D eigenvalue weighted by molar-refractivity contribution is -0.302. The summed E-state index contributed by atoms with van der Waals surface area (Å²) in [5.41, 5.74) is 0. The minimum atomic E-state index is -1.56. The Hall–Kier alpha value is -1.33. The van der Waals surface area contributed by atoms with Crippen LogP contribution < -0.4 is 5.32 Å². The number of aliphatic hydroxyl groups excluding tert-OH is 5. The van der Waals surface area contributed by atoms with Gasteiger partial charge in [0.2, 0.25) is 5.91 Å². The van der Waals surface area contributed by atoms with E-state index in [4.69, 9.17) is 9.47 Å². The van der Waals surface area contributed by atoms with Gasteiger partial charge in [-0.05, 0) is 32.1 Å². The molecular weight excluding hydrogens is 682 g/mol. The Morgan fingerprint density at radius 2 is 1.09 bits per heavy atom. The lowest BCUT2D eigenvalue weighted by Gasteiger charge is -2.40. The lowest BCUT2D eigenvalue weighted by Crippen LogP contribution is -2.60. The molecule has 9 heteroatoms. The van der Waals surface area contributed by atoms with Crippen LogP contribution in [0.1, 0.15) is 200 Å². The first-order valence-corrected chi connectivity index (χ1v) is 22.5. The Morgan fingerprint density at radius 3 is 1.59 bits per heavy atom. The van der Waals surface area contributed by atoms with Crippen LogP contribution in [0.5, 0.6) is 0 Å². The Balaban J connectivity index is 2.36. The molecular formula is C45H85NO8. The maximum atomic E-state index is 12.9. The van der Waals surface area contributed by atoms with E-state index in [1.165, 1.54) is 135 Å². The van der Waals surface area contributed by atoms with Gasteiger partial charge in [-0.15, -0.1) is 0 Å². The molecule has 0 aromatic rings. The molecule has 0 aliphatic carbocycles. The zero-order valence-corrected chi connectivity index (χ0v) is 34.7. The van der Waals surface area contributed by atoms with Crippen LogP contribution in [0.4, 0.5) is 0 Å². The molecule has 7 atom stereocenters. The van der Waals surface area contributed by atoms with Crippen molar-refractivity contribution in [3.8, 4) is 0 Å². The topological polar surface area (TPSA) is 149 Å². The molecule has 7 unspecified atom stereocenters. The van der Waals surface area contributed by atoms with Gasteiger partial charge in [-0.3, -0.25) is 4.79 Å². The van der Waals surface area contributed by atoms with E-state index in [1.807, 2.05) is 6.08 Å². The molecule has 9 nitrogen and oxygen atoms in total. The molecule has 0 aromatic carbocycles. The predicted octanol–water partition coefficient (Wildman–Crippen LogP) is 9.11. The second-order valence-electron chi connectivity index (χ2n) is 15.8. The van der Waals surface area contributed by atoms with E-state index in [1.54, 1.807) is 0 Å². The number of aliphatic hydroxyl groups is 5. The smallest absolute Gasteiger partial charge is 0.220 e. The van der Waals surface area contributed by atoms with Crippen molar-refractivity contribution in [2.24, 2.45) is 0 Å². The highest BCUT2D eigenvalue weighted by Crippen LogP contribution is 2.23. The fourth-order valence-electron chi connectivity index (χ4n) is 7.15. The van der Waals surface area contributed by atoms with Crippen LogP contribution in [0.15, 0.2) is 24.3 Å². The van der Waals surface area contributed by atoms with Gasteiger partial charge in [-0.25, -0.2) is 0 Å². The average Bonchev–Trinajstić information content (AvgIpc) is 3.17. The van der Waals surface area contributed by atoms with Crippen molar-refractivity contribution in [1.82, 2.24) is 5.32 Å². The van der Waals surface area contributed by atoms with Crippen LogP contribution in [0.2, 0.25) is 0 Å². The Morgan fingerprint density at radius 1 is 0.630 bits per heavy atom. The summed E-state index contributed by atoms with van der Waals surface area (Å²) in [4.78, 5) is 12.9. The van der Waals surface area contributed by atoms with E-state index < -0.39 is 49.5 Å². The third-order valence-corrected chi connectivity index (χ3v) is 10.8. The number of rotatable bonds is 37. The molecule has 1 rings (SSSR count). The Bertz CT molecular complexity index is 899. The SMILES string of the molecule is CCCCCCCC/C=C\C/C=C\CCC(=O)NC(COC1OC(CO)C(O)C(O)C1O)C(O)CCCCCCCCCCCCCCCCCCCC. The maximum absolute atomic E-state index is 12.9. The zero-order chi connectivity index (χ0) is 39.5. The fourth-order valence-corrected chi connectivity index (χ4v) is 7.15. The summed E-state index contributed by atoms with van der Waals surface area (Å²) in [6, 6.07) is -0.746. The van der Waals surface area contributed by atoms with Crippen LogP contribution >= 0.6 is 0 Å². The summed E-state index contributed by atoms with van der Waals surface area (Å²) < 4.78 is 11.2. The quantitative estimate of drug-likeness (QED) is 0.0271. The monoisotopic (exact) mass is 768 g/mol. The number of carbonyl (C=O) groups is 1. The minimum absolute atomic E-state index is 0.159. The summed E-state index contributed by atoms with van der Waals surface area (Å²) >= 11 is 0. The number of allylic oxidation sites excluding steroid dienone is 4. The normalized spacial score (nSPS) is 21.6. The summed E-state index contributed by atoms with van der Waals surface area (Å²) in [6.07, 6.45) is 34.8. The van der Waals surface area contributed by atoms with E-state index >= 15 is 0 Å². The van der Waals surface area contributed by atoms with Gasteiger partial charge in [0.05, 0.1) is 25.4 Å². The highest BCUT2D eigenvalue weighted by atomic mass is 16.7. The van der Waals surface area contributed by atoms with Crippen LogP contribution in [0.3, 0.4) is 0 Å². The standard InChI is InChI=1S/C45H85NO8/c1-3-5-7-9-11-13-15-17-18-19-20-21-23-24-26-28-30-32-34-39(48)38(37-53-45-44(52)43(51)42(50)40(36-47)54-45)46-41(49)35-33-31-29-27-25-22-16-14-12-10-8-6-4-2/h22,25,29,31,38-40,42-45,47-48,50-52H,3-21,23-24,26-28,30,32-37H2,1-2H3,(H,46,49)/b25-22-,31-29-. The Kier molecular flexibility index (Phi) is 33.8. The molecule has 1 heterocycles. The van der Waals surface area contributed by atoms with Gasteiger partial charge in [-0.1, -0.05) is 186 Å². The van der Waals surface area contributed by atoms with Gasteiger partial charge in [0.1, 0.15) is 24.4 Å². The number of hydrogen-bond acceptors (Lipinski definition) is 8. The van der Waals surface area contributed by atoms with Crippen molar-refractivity contribution in [3.05, 3.63) is 24.3 Å². The van der Waals surface area contributed by atoms with Gasteiger partial charge in [-0.2, -0.15) is 0 Å². The Labute approximate surface area is 330 Å². The lowest BCUT2D eigenvalue weighted by atomic mass is 9.99. The molecule has 0 radical (unpaired) electrons. The van der Waals surface area contributed by atoms with E-state index in [-0.39, 0.29) is 18.9 Å². The van der Waals surface area contributed by atoms with Gasteiger partial charge in [0.25, 0.3) is 0 Å². The summed E-state index contributed by atoms with van der Waals surface area (Å²) in [5, 5.41) is 54.2. The number of nitrogens with one attached hydrogen (secondary N) is 1. The highest BCUT2D eigenvalue weighted by Gasteiger charge is 2.44. The molecule has 1 aliphatic rings. The van der Waals surface area contributed by atoms with Gasteiger partial charge in [0.15, 0.2) is 6.29 Å². The molecule has 1 amide bonds. The summed E-state index contributed by atoms with van der Waals surface area (Å²) in [5.74, 6) is -0.211. The van der Waals surface area contributed by atoms with Gasteiger partial charge >= 0.3 is 0 Å². The number of hydrogen-bond donors (Lipinski definition) is 6. The average molecular weight is 768 g/mol. The first kappa shape index (κ1) is 50.7. The number of carbonyl (C=O) groups excluding carboxylic acids is 1. The highest BCUT2D eigenvalue weighted by molar-refractivity contribution is 5.76. The first-order valence-electron chi connectivity index (χ1n) is 22.5. The predicted molar refractivity (Wildman–Crippen MR) is 221 cm³/mol. The molecule has 0 aromatic heterocycles. The molecule has 54 heavy (non-hydrogen) atoms.